The van der Waals surface area contributed by atoms with E-state index in [0.717, 1.165) is 19.4 Å². The van der Waals surface area contributed by atoms with Gasteiger partial charge in [-0.2, -0.15) is 5.26 Å². The van der Waals surface area contributed by atoms with Gasteiger partial charge in [0.05, 0.1) is 23.8 Å². The summed E-state index contributed by atoms with van der Waals surface area (Å²) in [6.45, 7) is 4.27. The summed E-state index contributed by atoms with van der Waals surface area (Å²) in [4.78, 5) is 13.0. The first kappa shape index (κ1) is 19.2. The van der Waals surface area contributed by atoms with E-state index in [0.29, 0.717) is 25.2 Å². The van der Waals surface area contributed by atoms with E-state index in [1.165, 1.54) is 0 Å². The van der Waals surface area contributed by atoms with E-state index in [-0.39, 0.29) is 24.4 Å². The summed E-state index contributed by atoms with van der Waals surface area (Å²) in [5.74, 6) is -0.290. The summed E-state index contributed by atoms with van der Waals surface area (Å²) in [5.41, 5.74) is -0.653. The Balaban J connectivity index is 1.78. The molecule has 2 fully saturated rings. The van der Waals surface area contributed by atoms with Gasteiger partial charge in [-0.1, -0.05) is 0 Å². The molecule has 0 amide bonds. The van der Waals surface area contributed by atoms with Gasteiger partial charge in [-0.15, -0.1) is 0 Å². The fourth-order valence-corrected chi connectivity index (χ4v) is 4.49. The highest BCUT2D eigenvalue weighted by molar-refractivity contribution is 7.89. The van der Waals surface area contributed by atoms with Crippen LogP contribution >= 0.6 is 0 Å². The summed E-state index contributed by atoms with van der Waals surface area (Å²) >= 11 is 0. The smallest absolute Gasteiger partial charge is 0.317 e. The first-order chi connectivity index (χ1) is 11.1. The molecule has 0 heterocycles. The van der Waals surface area contributed by atoms with E-state index < -0.39 is 21.4 Å². The second-order valence-corrected chi connectivity index (χ2v) is 9.64. The molecule has 0 atom stereocenters. The van der Waals surface area contributed by atoms with Crippen molar-refractivity contribution in [3.05, 3.63) is 0 Å². The largest absolute Gasteiger partial charge is 0.480 e. The highest BCUT2D eigenvalue weighted by atomic mass is 32.2. The van der Waals surface area contributed by atoms with Gasteiger partial charge in [-0.05, 0) is 51.9 Å². The second-order valence-electron chi connectivity index (χ2n) is 7.77. The molecule has 2 aliphatic rings. The molecule has 24 heavy (non-hydrogen) atoms. The summed E-state index contributed by atoms with van der Waals surface area (Å²) in [5, 5.41) is 18.0. The molecule has 0 radical (unpaired) electrons. The Labute approximate surface area is 144 Å². The van der Waals surface area contributed by atoms with Crippen molar-refractivity contribution in [3.8, 4) is 6.07 Å². The molecule has 0 saturated heterocycles. The van der Waals surface area contributed by atoms with Crippen LogP contribution in [0, 0.1) is 22.7 Å². The minimum Gasteiger partial charge on any atom is -0.480 e. The monoisotopic (exact) mass is 357 g/mol. The van der Waals surface area contributed by atoms with Gasteiger partial charge in [-0.3, -0.25) is 9.69 Å². The number of nitriles is 1. The van der Waals surface area contributed by atoms with Crippen LogP contribution in [0.2, 0.25) is 0 Å². The van der Waals surface area contributed by atoms with Gasteiger partial charge < -0.3 is 5.11 Å². The Morgan fingerprint density at radius 3 is 2.50 bits per heavy atom. The summed E-state index contributed by atoms with van der Waals surface area (Å²) in [7, 11) is -3.40. The predicted molar refractivity (Wildman–Crippen MR) is 89.7 cm³/mol. The van der Waals surface area contributed by atoms with Gasteiger partial charge in [0.25, 0.3) is 0 Å². The van der Waals surface area contributed by atoms with Crippen LogP contribution in [0.25, 0.3) is 0 Å². The zero-order chi connectivity index (χ0) is 18.0. The third-order valence-corrected chi connectivity index (χ3v) is 6.24. The molecule has 2 N–H and O–H groups in total. The number of hydrogen-bond acceptors (Lipinski definition) is 5. The Bertz CT molecular complexity index is 601. The molecule has 2 rings (SSSR count). The summed E-state index contributed by atoms with van der Waals surface area (Å²) in [6.07, 6.45) is 3.92. The second kappa shape index (κ2) is 7.38. The summed E-state index contributed by atoms with van der Waals surface area (Å²) < 4.78 is 26.9. The molecule has 0 bridgehead atoms. The topological polar surface area (TPSA) is 110 Å². The fourth-order valence-electron chi connectivity index (χ4n) is 2.89. The predicted octanol–water partition coefficient (Wildman–Crippen LogP) is 1.17. The molecular formula is C16H27N3O4S. The van der Waals surface area contributed by atoms with Crippen molar-refractivity contribution in [2.45, 2.75) is 58.0 Å². The standard InChI is InChI=1S/C16H27N3O4S/c1-16(2,11-17)5-6-24(22,23)18-13-7-14(8-13)19(10-15(20)21)9-12-3-4-12/h12-14,18H,3-10H2,1-2H3,(H,20,21). The summed E-state index contributed by atoms with van der Waals surface area (Å²) in [6, 6.07) is 2.12. The van der Waals surface area contributed by atoms with Gasteiger partial charge in [-0.25, -0.2) is 13.1 Å². The van der Waals surface area contributed by atoms with Gasteiger partial charge in [0.2, 0.25) is 10.0 Å². The SMILES string of the molecule is CC(C)(C#N)CCS(=O)(=O)NC1CC(N(CC(=O)O)CC2CC2)C1. The Morgan fingerprint density at radius 1 is 1.38 bits per heavy atom. The van der Waals surface area contributed by atoms with Crippen molar-refractivity contribution in [1.29, 1.82) is 5.26 Å². The minimum atomic E-state index is -3.40. The van der Waals surface area contributed by atoms with Crippen LogP contribution in [0.15, 0.2) is 0 Å². The zero-order valence-corrected chi connectivity index (χ0v) is 15.2. The first-order valence-electron chi connectivity index (χ1n) is 8.47. The van der Waals surface area contributed by atoms with Crippen LogP contribution in [0.4, 0.5) is 0 Å². The average Bonchev–Trinajstić information content (AvgIpc) is 3.23. The lowest BCUT2D eigenvalue weighted by Crippen LogP contribution is -2.55. The number of carboxylic acids is 1. The van der Waals surface area contributed by atoms with Gasteiger partial charge in [0, 0.05) is 18.6 Å². The maximum Gasteiger partial charge on any atom is 0.317 e. The lowest BCUT2D eigenvalue weighted by Gasteiger charge is -2.42. The van der Waals surface area contributed by atoms with E-state index in [1.807, 2.05) is 4.90 Å². The van der Waals surface area contributed by atoms with Crippen LogP contribution in [0.1, 0.15) is 46.0 Å². The number of sulfonamides is 1. The average molecular weight is 357 g/mol. The molecular weight excluding hydrogens is 330 g/mol. The molecule has 0 aromatic carbocycles. The quantitative estimate of drug-likeness (QED) is 0.607. The van der Waals surface area contributed by atoms with E-state index in [1.54, 1.807) is 13.8 Å². The van der Waals surface area contributed by atoms with Crippen molar-refractivity contribution in [1.82, 2.24) is 9.62 Å². The number of carbonyl (C=O) groups is 1. The van der Waals surface area contributed by atoms with E-state index >= 15 is 0 Å². The normalized spacial score (nSPS) is 24.4. The van der Waals surface area contributed by atoms with Crippen molar-refractivity contribution < 1.29 is 18.3 Å². The number of nitrogens with zero attached hydrogens (tertiary/aromatic N) is 2. The molecule has 7 nitrogen and oxygen atoms in total. The minimum absolute atomic E-state index is 0.0248. The fraction of sp³-hybridized carbons (Fsp3) is 0.875. The maximum absolute atomic E-state index is 12.1. The van der Waals surface area contributed by atoms with E-state index in [4.69, 9.17) is 10.4 Å². The van der Waals surface area contributed by atoms with Crippen LogP contribution in [0.5, 0.6) is 0 Å². The van der Waals surface area contributed by atoms with E-state index in [2.05, 4.69) is 10.8 Å². The number of nitrogens with one attached hydrogen (secondary N) is 1. The van der Waals surface area contributed by atoms with Gasteiger partial charge in [0.1, 0.15) is 0 Å². The molecule has 0 aromatic rings. The van der Waals surface area contributed by atoms with Crippen molar-refractivity contribution >= 4 is 16.0 Å². The number of aliphatic carboxylic acids is 1. The first-order valence-corrected chi connectivity index (χ1v) is 10.1. The van der Waals surface area contributed by atoms with E-state index in [9.17, 15) is 13.2 Å². The highest BCUT2D eigenvalue weighted by Gasteiger charge is 2.38. The zero-order valence-electron chi connectivity index (χ0n) is 14.4. The molecule has 2 saturated carbocycles. The van der Waals surface area contributed by atoms with Crippen molar-refractivity contribution in [2.24, 2.45) is 11.3 Å². The van der Waals surface area contributed by atoms with Crippen LogP contribution in [-0.4, -0.2) is 55.3 Å². The molecule has 0 spiro atoms. The number of carboxylic acid groups (broad SMARTS) is 1. The van der Waals surface area contributed by atoms with Gasteiger partial charge in [0.15, 0.2) is 0 Å². The molecule has 136 valence electrons. The van der Waals surface area contributed by atoms with Crippen LogP contribution < -0.4 is 4.72 Å². The Kier molecular flexibility index (Phi) is 5.89. The lowest BCUT2D eigenvalue weighted by atomic mass is 9.86. The lowest BCUT2D eigenvalue weighted by molar-refractivity contribution is -0.139. The molecule has 8 heteroatoms. The molecule has 2 aliphatic carbocycles. The van der Waals surface area contributed by atoms with Crippen LogP contribution in [0.3, 0.4) is 0 Å². The maximum atomic E-state index is 12.1. The van der Waals surface area contributed by atoms with Crippen molar-refractivity contribution in [2.75, 3.05) is 18.8 Å². The Hall–Kier alpha value is -1.17. The Morgan fingerprint density at radius 2 is 2.00 bits per heavy atom. The third-order valence-electron chi connectivity index (χ3n) is 4.80. The highest BCUT2D eigenvalue weighted by Crippen LogP contribution is 2.34. The molecule has 0 aliphatic heterocycles. The third kappa shape index (κ3) is 6.04. The molecule has 0 unspecified atom stereocenters. The molecule has 0 aromatic heterocycles. The van der Waals surface area contributed by atoms with Crippen molar-refractivity contribution in [3.63, 3.8) is 0 Å². The number of rotatable bonds is 10. The number of hydrogen-bond donors (Lipinski definition) is 2. The van der Waals surface area contributed by atoms with Crippen LogP contribution in [-0.2, 0) is 14.8 Å². The van der Waals surface area contributed by atoms with Gasteiger partial charge >= 0.3 is 5.97 Å².